The van der Waals surface area contributed by atoms with Gasteiger partial charge in [0.15, 0.2) is 0 Å². The smallest absolute Gasteiger partial charge is 0.268 e. The largest absolute Gasteiger partial charge is 0.272 e. The van der Waals surface area contributed by atoms with Crippen LogP contribution in [0.25, 0.3) is 5.57 Å². The van der Waals surface area contributed by atoms with Crippen LogP contribution in [-0.4, -0.2) is 17.6 Å². The number of carbonyl (C=O) groups excluding carboxylic acids is 2. The number of thioether (sulfide) groups is 1. The Morgan fingerprint density at radius 3 is 2.08 bits per heavy atom. The second-order valence-electron chi connectivity index (χ2n) is 6.75. The van der Waals surface area contributed by atoms with Gasteiger partial charge in [-0.1, -0.05) is 36.8 Å². The third-order valence-electron chi connectivity index (χ3n) is 4.45. The lowest BCUT2D eigenvalue weighted by Crippen LogP contribution is -2.31. The molecule has 0 unspecified atom stereocenters. The highest BCUT2D eigenvalue weighted by molar-refractivity contribution is 8.04. The molecular weight excluding hydrogens is 342 g/mol. The molecular formula is C22H23NO2S. The fraction of sp³-hybridized carbons (Fsp3) is 0.273. The lowest BCUT2D eigenvalue weighted by atomic mass is 9.98. The summed E-state index contributed by atoms with van der Waals surface area (Å²) in [5, 5.41) is 0. The van der Waals surface area contributed by atoms with Gasteiger partial charge in [0.1, 0.15) is 0 Å². The van der Waals surface area contributed by atoms with E-state index in [1.54, 1.807) is 0 Å². The highest BCUT2D eigenvalue weighted by Crippen LogP contribution is 2.39. The van der Waals surface area contributed by atoms with Crippen molar-refractivity contribution < 1.29 is 9.59 Å². The van der Waals surface area contributed by atoms with Crippen LogP contribution in [0.2, 0.25) is 0 Å². The van der Waals surface area contributed by atoms with Crippen LogP contribution < -0.4 is 4.90 Å². The predicted octanol–water partition coefficient (Wildman–Crippen LogP) is 4.96. The molecule has 1 heterocycles. The van der Waals surface area contributed by atoms with E-state index in [9.17, 15) is 9.59 Å². The zero-order valence-electron chi connectivity index (χ0n) is 15.8. The lowest BCUT2D eigenvalue weighted by molar-refractivity contribution is -0.119. The van der Waals surface area contributed by atoms with E-state index in [1.807, 2.05) is 71.0 Å². The van der Waals surface area contributed by atoms with Gasteiger partial charge in [-0.3, -0.25) is 9.59 Å². The normalized spacial score (nSPS) is 14.6. The van der Waals surface area contributed by atoms with Gasteiger partial charge >= 0.3 is 0 Å². The first-order chi connectivity index (χ1) is 12.3. The monoisotopic (exact) mass is 365 g/mol. The highest BCUT2D eigenvalue weighted by atomic mass is 32.2. The Bertz CT molecular complexity index is 923. The van der Waals surface area contributed by atoms with E-state index in [4.69, 9.17) is 0 Å². The van der Waals surface area contributed by atoms with Crippen molar-refractivity contribution in [3.63, 3.8) is 0 Å². The van der Waals surface area contributed by atoms with Gasteiger partial charge in [-0.2, -0.15) is 0 Å². The molecule has 3 nitrogen and oxygen atoms in total. The third kappa shape index (κ3) is 3.21. The second kappa shape index (κ2) is 7.12. The molecule has 0 spiro atoms. The summed E-state index contributed by atoms with van der Waals surface area (Å²) in [5.41, 5.74) is 6.23. The summed E-state index contributed by atoms with van der Waals surface area (Å²) in [5.74, 6) is 0.286. The zero-order valence-corrected chi connectivity index (χ0v) is 16.7. The van der Waals surface area contributed by atoms with Crippen LogP contribution in [-0.2, 0) is 9.59 Å². The topological polar surface area (TPSA) is 37.4 Å². The number of benzene rings is 2. The van der Waals surface area contributed by atoms with Crippen LogP contribution in [0.15, 0.2) is 41.3 Å². The number of anilines is 1. The SMILES string of the molecule is CCSC1=C(c2ccc(C)cc2C)C(=O)N(c2cc(C)cc(C)c2)C1=O. The lowest BCUT2D eigenvalue weighted by Gasteiger charge is -2.17. The number of rotatable bonds is 4. The van der Waals surface area contributed by atoms with Gasteiger partial charge in [0.2, 0.25) is 0 Å². The Labute approximate surface area is 159 Å². The van der Waals surface area contributed by atoms with Crippen molar-refractivity contribution in [1.29, 1.82) is 0 Å². The molecule has 0 saturated carbocycles. The van der Waals surface area contributed by atoms with Gasteiger partial charge < -0.3 is 0 Å². The Morgan fingerprint density at radius 1 is 0.846 bits per heavy atom. The molecule has 1 aliphatic rings. The maximum Gasteiger partial charge on any atom is 0.272 e. The average molecular weight is 365 g/mol. The Hall–Kier alpha value is -2.33. The fourth-order valence-corrected chi connectivity index (χ4v) is 4.28. The van der Waals surface area contributed by atoms with E-state index in [0.29, 0.717) is 16.2 Å². The second-order valence-corrected chi connectivity index (χ2v) is 8.02. The average Bonchev–Trinajstić information content (AvgIpc) is 2.78. The predicted molar refractivity (Wildman–Crippen MR) is 109 cm³/mol. The standard InChI is InChI=1S/C22H23NO2S/c1-6-26-20-19(18-8-7-13(2)10-16(18)5)21(24)23(22(20)25)17-11-14(3)9-15(4)12-17/h7-12H,6H2,1-5H3. The number of nitrogens with zero attached hydrogens (tertiary/aromatic N) is 1. The number of hydrogen-bond donors (Lipinski definition) is 0. The van der Waals surface area contributed by atoms with Gasteiger partial charge in [0.25, 0.3) is 11.8 Å². The van der Waals surface area contributed by atoms with Crippen molar-refractivity contribution in [3.05, 3.63) is 69.1 Å². The van der Waals surface area contributed by atoms with Crippen LogP contribution in [0.4, 0.5) is 5.69 Å². The molecule has 1 aliphatic heterocycles. The molecule has 2 amide bonds. The molecule has 0 N–H and O–H groups in total. The molecule has 4 heteroatoms. The van der Waals surface area contributed by atoms with E-state index >= 15 is 0 Å². The van der Waals surface area contributed by atoms with Gasteiger partial charge in [-0.15, -0.1) is 11.8 Å². The Morgan fingerprint density at radius 2 is 1.50 bits per heavy atom. The van der Waals surface area contributed by atoms with Crippen LogP contribution in [0.3, 0.4) is 0 Å². The van der Waals surface area contributed by atoms with Crippen molar-refractivity contribution in [2.45, 2.75) is 34.6 Å². The molecule has 0 bridgehead atoms. The third-order valence-corrected chi connectivity index (χ3v) is 5.40. The van der Waals surface area contributed by atoms with Gasteiger partial charge in [-0.25, -0.2) is 4.90 Å². The minimum atomic E-state index is -0.233. The fourth-order valence-electron chi connectivity index (χ4n) is 3.43. The number of carbonyl (C=O) groups is 2. The summed E-state index contributed by atoms with van der Waals surface area (Å²) in [6.45, 7) is 9.95. The molecule has 0 radical (unpaired) electrons. The summed E-state index contributed by atoms with van der Waals surface area (Å²) in [7, 11) is 0. The van der Waals surface area contributed by atoms with E-state index < -0.39 is 0 Å². The molecule has 26 heavy (non-hydrogen) atoms. The summed E-state index contributed by atoms with van der Waals surface area (Å²) in [6.07, 6.45) is 0. The number of hydrogen-bond acceptors (Lipinski definition) is 3. The maximum absolute atomic E-state index is 13.3. The molecule has 3 rings (SSSR count). The van der Waals surface area contributed by atoms with E-state index in [1.165, 1.54) is 16.7 Å². The first-order valence-electron chi connectivity index (χ1n) is 8.75. The van der Waals surface area contributed by atoms with Crippen molar-refractivity contribution in [2.24, 2.45) is 0 Å². The van der Waals surface area contributed by atoms with Crippen LogP contribution in [0.1, 0.15) is 34.7 Å². The minimum Gasteiger partial charge on any atom is -0.268 e. The van der Waals surface area contributed by atoms with Crippen LogP contribution in [0, 0.1) is 27.7 Å². The van der Waals surface area contributed by atoms with E-state index in [2.05, 4.69) is 0 Å². The van der Waals surface area contributed by atoms with Crippen molar-refractivity contribution >= 4 is 34.8 Å². The molecule has 2 aromatic rings. The number of imide groups is 1. The van der Waals surface area contributed by atoms with E-state index in [-0.39, 0.29) is 11.8 Å². The van der Waals surface area contributed by atoms with Gasteiger partial charge in [-0.05, 0) is 67.8 Å². The molecule has 2 aromatic carbocycles. The van der Waals surface area contributed by atoms with Gasteiger partial charge in [0.05, 0.1) is 16.2 Å². The molecule has 0 saturated heterocycles. The quantitative estimate of drug-likeness (QED) is 0.719. The number of aryl methyl sites for hydroxylation is 4. The van der Waals surface area contributed by atoms with E-state index in [0.717, 1.165) is 33.6 Å². The summed E-state index contributed by atoms with van der Waals surface area (Å²) < 4.78 is 0. The molecule has 0 aliphatic carbocycles. The van der Waals surface area contributed by atoms with Gasteiger partial charge in [0, 0.05) is 0 Å². The van der Waals surface area contributed by atoms with Crippen molar-refractivity contribution in [2.75, 3.05) is 10.7 Å². The van der Waals surface area contributed by atoms with Crippen LogP contribution >= 0.6 is 11.8 Å². The Kier molecular flexibility index (Phi) is 5.05. The molecule has 0 fully saturated rings. The maximum atomic E-state index is 13.3. The number of amides is 2. The Balaban J connectivity index is 2.15. The molecule has 0 atom stereocenters. The zero-order chi connectivity index (χ0) is 19.0. The highest BCUT2D eigenvalue weighted by Gasteiger charge is 2.40. The first-order valence-corrected chi connectivity index (χ1v) is 9.73. The summed E-state index contributed by atoms with van der Waals surface area (Å²) >= 11 is 1.44. The minimum absolute atomic E-state index is 0.221. The summed E-state index contributed by atoms with van der Waals surface area (Å²) in [6, 6.07) is 11.8. The van der Waals surface area contributed by atoms with Crippen molar-refractivity contribution in [3.8, 4) is 0 Å². The summed E-state index contributed by atoms with van der Waals surface area (Å²) in [4.78, 5) is 28.3. The first kappa shape index (κ1) is 18.5. The van der Waals surface area contributed by atoms with Crippen LogP contribution in [0.5, 0.6) is 0 Å². The van der Waals surface area contributed by atoms with Crippen molar-refractivity contribution in [1.82, 2.24) is 0 Å². The molecule has 134 valence electrons. The molecule has 0 aromatic heterocycles.